The Morgan fingerprint density at radius 3 is 2.08 bits per heavy atom. The summed E-state index contributed by atoms with van der Waals surface area (Å²) >= 11 is 0. The van der Waals surface area contributed by atoms with Gasteiger partial charge in [0.05, 0.1) is 6.10 Å². The van der Waals surface area contributed by atoms with Crippen molar-refractivity contribution in [1.29, 1.82) is 0 Å². The van der Waals surface area contributed by atoms with Crippen LogP contribution >= 0.6 is 0 Å². The van der Waals surface area contributed by atoms with Crippen molar-refractivity contribution in [2.45, 2.75) is 44.5 Å². The van der Waals surface area contributed by atoms with Crippen LogP contribution in [0.25, 0.3) is 0 Å². The van der Waals surface area contributed by atoms with Gasteiger partial charge in [0.15, 0.2) is 0 Å². The maximum atomic E-state index is 13.1. The summed E-state index contributed by atoms with van der Waals surface area (Å²) in [6.07, 6.45) is -6.97. The molecule has 1 atom stereocenters. The van der Waals surface area contributed by atoms with Crippen molar-refractivity contribution in [3.05, 3.63) is 35.9 Å². The Balaban J connectivity index is 2.97. The number of carbonyl (C=O) groups excluding carboxylic acids is 2. The number of alkyl halides is 5. The van der Waals surface area contributed by atoms with E-state index in [-0.39, 0.29) is 6.42 Å². The summed E-state index contributed by atoms with van der Waals surface area (Å²) in [7, 11) is 0. The third-order valence-electron chi connectivity index (χ3n) is 2.87. The van der Waals surface area contributed by atoms with Gasteiger partial charge in [-0.2, -0.15) is 22.0 Å². The van der Waals surface area contributed by atoms with Gasteiger partial charge in [0.25, 0.3) is 0 Å². The number of hydrogen-bond donors (Lipinski definition) is 1. The molecular formula is C15H16F5NO3. The molecule has 0 saturated carbocycles. The van der Waals surface area contributed by atoms with Gasteiger partial charge in [0, 0.05) is 6.42 Å². The SMILES string of the molecule is CC(C)OC(=O)[C@@H](Cc1ccccc1)NC(=O)C(F)(F)C(F)(F)F. The Labute approximate surface area is 135 Å². The van der Waals surface area contributed by atoms with E-state index in [1.54, 1.807) is 18.2 Å². The lowest BCUT2D eigenvalue weighted by Crippen LogP contribution is -2.55. The second-order valence-electron chi connectivity index (χ2n) is 5.27. The first-order chi connectivity index (χ1) is 10.9. The van der Waals surface area contributed by atoms with Gasteiger partial charge < -0.3 is 10.1 Å². The number of carbonyl (C=O) groups is 2. The molecule has 0 heterocycles. The van der Waals surface area contributed by atoms with Crippen molar-refractivity contribution < 1.29 is 36.3 Å². The van der Waals surface area contributed by atoms with Crippen LogP contribution in [0.4, 0.5) is 22.0 Å². The molecule has 0 spiro atoms. The van der Waals surface area contributed by atoms with E-state index >= 15 is 0 Å². The second-order valence-corrected chi connectivity index (χ2v) is 5.27. The predicted molar refractivity (Wildman–Crippen MR) is 74.3 cm³/mol. The minimum absolute atomic E-state index is 0.286. The number of nitrogens with one attached hydrogen (secondary N) is 1. The van der Waals surface area contributed by atoms with Crippen molar-refractivity contribution >= 4 is 11.9 Å². The van der Waals surface area contributed by atoms with Gasteiger partial charge in [-0.15, -0.1) is 0 Å². The van der Waals surface area contributed by atoms with Crippen LogP contribution in [0.5, 0.6) is 0 Å². The van der Waals surface area contributed by atoms with Crippen molar-refractivity contribution in [2.75, 3.05) is 0 Å². The monoisotopic (exact) mass is 353 g/mol. The number of amides is 1. The van der Waals surface area contributed by atoms with Crippen LogP contribution in [0.15, 0.2) is 30.3 Å². The van der Waals surface area contributed by atoms with E-state index in [0.29, 0.717) is 5.56 Å². The third kappa shape index (κ3) is 5.17. The number of hydrogen-bond acceptors (Lipinski definition) is 3. The molecule has 134 valence electrons. The Hall–Kier alpha value is -2.19. The first-order valence-corrected chi connectivity index (χ1v) is 6.95. The molecule has 0 bridgehead atoms. The molecular weight excluding hydrogens is 337 g/mol. The molecule has 24 heavy (non-hydrogen) atoms. The van der Waals surface area contributed by atoms with Crippen molar-refractivity contribution in [3.8, 4) is 0 Å². The smallest absolute Gasteiger partial charge is 0.461 e. The van der Waals surface area contributed by atoms with Crippen molar-refractivity contribution in [2.24, 2.45) is 0 Å². The molecule has 0 unspecified atom stereocenters. The van der Waals surface area contributed by atoms with Gasteiger partial charge in [-0.1, -0.05) is 30.3 Å². The molecule has 0 aliphatic carbocycles. The molecule has 0 fully saturated rings. The maximum absolute atomic E-state index is 13.1. The first kappa shape index (κ1) is 19.9. The molecule has 0 saturated heterocycles. The molecule has 1 amide bonds. The topological polar surface area (TPSA) is 55.4 Å². The molecule has 1 aromatic carbocycles. The summed E-state index contributed by atoms with van der Waals surface area (Å²) in [5.74, 6) is -9.31. The van der Waals surface area contributed by atoms with Gasteiger partial charge in [-0.3, -0.25) is 4.79 Å². The number of halogens is 5. The summed E-state index contributed by atoms with van der Waals surface area (Å²) in [6, 6.07) is 6.23. The Kier molecular flexibility index (Phi) is 6.28. The zero-order valence-corrected chi connectivity index (χ0v) is 12.9. The fraction of sp³-hybridized carbons (Fsp3) is 0.467. The lowest BCUT2D eigenvalue weighted by Gasteiger charge is -2.23. The van der Waals surface area contributed by atoms with Gasteiger partial charge in [0.1, 0.15) is 6.04 Å². The highest BCUT2D eigenvalue weighted by Crippen LogP contribution is 2.35. The summed E-state index contributed by atoms with van der Waals surface area (Å²) in [6.45, 7) is 2.95. The van der Waals surface area contributed by atoms with Crippen LogP contribution in [0, 0.1) is 0 Å². The quantitative estimate of drug-likeness (QED) is 0.632. The first-order valence-electron chi connectivity index (χ1n) is 6.95. The molecule has 1 rings (SSSR count). The minimum atomic E-state index is -6.06. The Bertz CT molecular complexity index is 572. The highest BCUT2D eigenvalue weighted by atomic mass is 19.4. The normalized spacial score (nSPS) is 13.5. The molecule has 1 N–H and O–H groups in total. The van der Waals surface area contributed by atoms with E-state index in [9.17, 15) is 31.5 Å². The second kappa shape index (κ2) is 7.59. The molecule has 0 radical (unpaired) electrons. The largest absolute Gasteiger partial charge is 0.463 e. The standard InChI is InChI=1S/C15H16F5NO3/c1-9(2)24-12(22)11(8-10-6-4-3-5-7-10)21-13(23)14(16,17)15(18,19)20/h3-7,9,11H,8H2,1-2H3,(H,21,23)/t11-/m1/s1. The van der Waals surface area contributed by atoms with Crippen LogP contribution in [0.1, 0.15) is 19.4 Å². The van der Waals surface area contributed by atoms with E-state index in [0.717, 1.165) is 0 Å². The molecule has 0 aromatic heterocycles. The third-order valence-corrected chi connectivity index (χ3v) is 2.87. The molecule has 0 aliphatic rings. The lowest BCUT2D eigenvalue weighted by atomic mass is 10.1. The maximum Gasteiger partial charge on any atom is 0.463 e. The van der Waals surface area contributed by atoms with Crippen molar-refractivity contribution in [1.82, 2.24) is 5.32 Å². The van der Waals surface area contributed by atoms with Crippen LogP contribution < -0.4 is 5.32 Å². The highest BCUT2D eigenvalue weighted by Gasteiger charge is 2.63. The van der Waals surface area contributed by atoms with E-state index in [1.165, 1.54) is 31.3 Å². The highest BCUT2D eigenvalue weighted by molar-refractivity contribution is 5.89. The van der Waals surface area contributed by atoms with Gasteiger partial charge in [0.2, 0.25) is 0 Å². The summed E-state index contributed by atoms with van der Waals surface area (Å²) in [4.78, 5) is 23.2. The molecule has 0 aliphatic heterocycles. The van der Waals surface area contributed by atoms with Gasteiger partial charge >= 0.3 is 24.0 Å². The fourth-order valence-electron chi connectivity index (χ4n) is 1.74. The van der Waals surface area contributed by atoms with Crippen LogP contribution in [-0.4, -0.2) is 36.1 Å². The zero-order chi connectivity index (χ0) is 18.5. The average molecular weight is 353 g/mol. The predicted octanol–water partition coefficient (Wildman–Crippen LogP) is 2.86. The minimum Gasteiger partial charge on any atom is -0.461 e. The Morgan fingerprint density at radius 1 is 1.08 bits per heavy atom. The summed E-state index contributed by atoms with van der Waals surface area (Å²) < 4.78 is 67.7. The van der Waals surface area contributed by atoms with E-state index in [2.05, 4.69) is 0 Å². The van der Waals surface area contributed by atoms with Gasteiger partial charge in [-0.25, -0.2) is 4.79 Å². The van der Waals surface area contributed by atoms with Crippen LogP contribution in [-0.2, 0) is 20.7 Å². The summed E-state index contributed by atoms with van der Waals surface area (Å²) in [5, 5.41) is 1.43. The van der Waals surface area contributed by atoms with E-state index < -0.39 is 36.1 Å². The van der Waals surface area contributed by atoms with Crippen LogP contribution in [0.2, 0.25) is 0 Å². The molecule has 9 heteroatoms. The number of rotatable bonds is 6. The molecule has 1 aromatic rings. The summed E-state index contributed by atoms with van der Waals surface area (Å²) in [5.41, 5.74) is 0.457. The number of ether oxygens (including phenoxy) is 1. The van der Waals surface area contributed by atoms with E-state index in [4.69, 9.17) is 4.74 Å². The number of esters is 1. The lowest BCUT2D eigenvalue weighted by molar-refractivity contribution is -0.270. The average Bonchev–Trinajstić information content (AvgIpc) is 2.45. The van der Waals surface area contributed by atoms with Crippen LogP contribution in [0.3, 0.4) is 0 Å². The fourth-order valence-corrected chi connectivity index (χ4v) is 1.74. The Morgan fingerprint density at radius 2 is 1.62 bits per heavy atom. The van der Waals surface area contributed by atoms with Gasteiger partial charge in [-0.05, 0) is 19.4 Å². The van der Waals surface area contributed by atoms with E-state index in [1.807, 2.05) is 0 Å². The molecule has 4 nitrogen and oxygen atoms in total. The number of benzene rings is 1. The zero-order valence-electron chi connectivity index (χ0n) is 12.9. The van der Waals surface area contributed by atoms with Crippen molar-refractivity contribution in [3.63, 3.8) is 0 Å².